The second-order valence-corrected chi connectivity index (χ2v) is 12.3. The van der Waals surface area contributed by atoms with Crippen molar-refractivity contribution in [3.05, 3.63) is 94.3 Å². The Labute approximate surface area is 243 Å². The monoisotopic (exact) mass is 582 g/mol. The molecule has 0 bridgehead atoms. The van der Waals surface area contributed by atoms with Crippen molar-refractivity contribution < 1.29 is 23.5 Å². The number of fused-ring (bicyclic) bond motifs is 1. The molecule has 0 aliphatic carbocycles. The lowest BCUT2D eigenvalue weighted by Crippen LogP contribution is -2.50. The Morgan fingerprint density at radius 2 is 1.77 bits per heavy atom. The van der Waals surface area contributed by atoms with E-state index in [9.17, 15) is 18.8 Å². The van der Waals surface area contributed by atoms with Crippen LogP contribution in [-0.2, 0) is 16.1 Å². The van der Waals surface area contributed by atoms with Gasteiger partial charge in [0, 0.05) is 27.7 Å². The van der Waals surface area contributed by atoms with Gasteiger partial charge in [0.05, 0.1) is 12.2 Å². The molecule has 210 valence electrons. The first-order chi connectivity index (χ1) is 18.9. The van der Waals surface area contributed by atoms with E-state index in [4.69, 9.17) is 16.3 Å². The van der Waals surface area contributed by atoms with Crippen LogP contribution in [0.15, 0.2) is 71.6 Å². The molecule has 40 heavy (non-hydrogen) atoms. The number of amides is 2. The lowest BCUT2D eigenvalue weighted by molar-refractivity contribution is -0.120. The second-order valence-electron chi connectivity index (χ2n) is 10.8. The van der Waals surface area contributed by atoms with E-state index in [0.29, 0.717) is 22.0 Å². The van der Waals surface area contributed by atoms with Gasteiger partial charge >= 0.3 is 6.09 Å². The molecule has 1 aliphatic heterocycles. The standard InChI is InChI=1S/C31H32ClFN2O4S/c1-19(21-7-12-24(33)13-8-21)15-27(36)22-9-14-28-26(16-22)35(17-20-5-10-23(32)11-6-20)29(37)25(18-40-28)34-30(38)39-31(2,3)4/h5-14,16,19,25H,15,17-18H2,1-4H3,(H,34,38)/t19?,25-/m0/s1. The summed E-state index contributed by atoms with van der Waals surface area (Å²) in [6.07, 6.45) is -0.444. The topological polar surface area (TPSA) is 75.7 Å². The molecular formula is C31H32ClFN2O4S. The maximum absolute atomic E-state index is 13.9. The summed E-state index contributed by atoms with van der Waals surface area (Å²) in [6, 6.07) is 17.8. The van der Waals surface area contributed by atoms with Gasteiger partial charge in [-0.2, -0.15) is 0 Å². The average Bonchev–Trinajstić information content (AvgIpc) is 3.01. The van der Waals surface area contributed by atoms with Crippen molar-refractivity contribution in [1.82, 2.24) is 5.32 Å². The van der Waals surface area contributed by atoms with E-state index in [1.165, 1.54) is 23.9 Å². The third-order valence-electron chi connectivity index (χ3n) is 6.42. The normalized spacial score (nSPS) is 16.1. The number of ketones is 1. The number of nitrogens with one attached hydrogen (secondary N) is 1. The number of halogens is 2. The molecule has 3 aromatic carbocycles. The molecule has 4 rings (SSSR count). The molecule has 1 heterocycles. The van der Waals surface area contributed by atoms with Gasteiger partial charge in [0.2, 0.25) is 0 Å². The molecule has 0 saturated heterocycles. The number of Topliss-reactive ketones (excluding diaryl/α,β-unsaturated/α-hetero) is 1. The fraction of sp³-hybridized carbons (Fsp3) is 0.323. The molecule has 3 aromatic rings. The van der Waals surface area contributed by atoms with Crippen molar-refractivity contribution in [2.75, 3.05) is 10.7 Å². The Morgan fingerprint density at radius 1 is 1.10 bits per heavy atom. The number of hydrogen-bond acceptors (Lipinski definition) is 5. The zero-order valence-electron chi connectivity index (χ0n) is 22.9. The van der Waals surface area contributed by atoms with Gasteiger partial charge in [-0.25, -0.2) is 9.18 Å². The first kappa shape index (κ1) is 29.6. The Kier molecular flexibility index (Phi) is 9.21. The number of anilines is 1. The minimum atomic E-state index is -0.836. The van der Waals surface area contributed by atoms with Crippen molar-refractivity contribution in [3.63, 3.8) is 0 Å². The van der Waals surface area contributed by atoms with Crippen LogP contribution in [0.2, 0.25) is 5.02 Å². The molecule has 0 spiro atoms. The predicted octanol–water partition coefficient (Wildman–Crippen LogP) is 7.39. The van der Waals surface area contributed by atoms with Crippen LogP contribution in [0.25, 0.3) is 0 Å². The van der Waals surface area contributed by atoms with Crippen LogP contribution in [0.3, 0.4) is 0 Å². The number of nitrogens with zero attached hydrogens (tertiary/aromatic N) is 1. The number of hydrogen-bond donors (Lipinski definition) is 1. The van der Waals surface area contributed by atoms with Gasteiger partial charge in [-0.05, 0) is 74.2 Å². The summed E-state index contributed by atoms with van der Waals surface area (Å²) < 4.78 is 18.7. The molecule has 2 atom stereocenters. The van der Waals surface area contributed by atoms with Crippen LogP contribution in [0.4, 0.5) is 14.9 Å². The fourth-order valence-electron chi connectivity index (χ4n) is 4.37. The quantitative estimate of drug-likeness (QED) is 0.294. The molecule has 1 aliphatic rings. The van der Waals surface area contributed by atoms with E-state index in [-0.39, 0.29) is 36.4 Å². The van der Waals surface area contributed by atoms with Crippen molar-refractivity contribution in [3.8, 4) is 0 Å². The van der Waals surface area contributed by atoms with E-state index in [0.717, 1.165) is 16.0 Å². The summed E-state index contributed by atoms with van der Waals surface area (Å²) >= 11 is 7.50. The molecule has 0 saturated carbocycles. The number of rotatable bonds is 7. The number of thioether (sulfide) groups is 1. The van der Waals surface area contributed by atoms with Crippen LogP contribution < -0.4 is 10.2 Å². The fourth-order valence-corrected chi connectivity index (χ4v) is 5.55. The van der Waals surface area contributed by atoms with Gasteiger partial charge in [-0.1, -0.05) is 48.9 Å². The largest absolute Gasteiger partial charge is 0.444 e. The van der Waals surface area contributed by atoms with Gasteiger partial charge < -0.3 is 15.0 Å². The molecule has 2 amide bonds. The lowest BCUT2D eigenvalue weighted by atomic mass is 9.93. The van der Waals surface area contributed by atoms with Crippen LogP contribution in [0.1, 0.15) is 61.5 Å². The number of ether oxygens (including phenoxy) is 1. The minimum absolute atomic E-state index is 0.0869. The molecule has 0 aromatic heterocycles. The number of carbonyl (C=O) groups is 3. The van der Waals surface area contributed by atoms with Crippen molar-refractivity contribution in [2.45, 2.75) is 63.1 Å². The van der Waals surface area contributed by atoms with Gasteiger partial charge in [0.1, 0.15) is 17.5 Å². The third kappa shape index (κ3) is 7.64. The Balaban J connectivity index is 1.62. The highest BCUT2D eigenvalue weighted by molar-refractivity contribution is 7.99. The Morgan fingerprint density at radius 3 is 2.42 bits per heavy atom. The van der Waals surface area contributed by atoms with Gasteiger partial charge in [-0.3, -0.25) is 9.59 Å². The Hall–Kier alpha value is -3.36. The summed E-state index contributed by atoms with van der Waals surface area (Å²) in [4.78, 5) is 42.1. The predicted molar refractivity (Wildman–Crippen MR) is 157 cm³/mol. The maximum atomic E-state index is 13.9. The van der Waals surface area contributed by atoms with Crippen LogP contribution in [0.5, 0.6) is 0 Å². The second kappa shape index (κ2) is 12.4. The Bertz CT molecular complexity index is 1390. The highest BCUT2D eigenvalue weighted by atomic mass is 35.5. The lowest BCUT2D eigenvalue weighted by Gasteiger charge is -2.27. The summed E-state index contributed by atoms with van der Waals surface area (Å²) in [5.74, 6) is -0.532. The maximum Gasteiger partial charge on any atom is 0.408 e. The van der Waals surface area contributed by atoms with E-state index in [1.54, 1.807) is 62.1 Å². The van der Waals surface area contributed by atoms with E-state index >= 15 is 0 Å². The van der Waals surface area contributed by atoms with Gasteiger partial charge in [0.25, 0.3) is 5.91 Å². The summed E-state index contributed by atoms with van der Waals surface area (Å²) in [5, 5.41) is 3.30. The van der Waals surface area contributed by atoms with E-state index < -0.39 is 17.7 Å². The molecular weight excluding hydrogens is 551 g/mol. The van der Waals surface area contributed by atoms with Crippen LogP contribution in [0, 0.1) is 5.82 Å². The molecule has 1 unspecified atom stereocenters. The zero-order chi connectivity index (χ0) is 29.0. The smallest absolute Gasteiger partial charge is 0.408 e. The molecule has 0 radical (unpaired) electrons. The molecule has 0 fully saturated rings. The van der Waals surface area contributed by atoms with E-state index in [1.807, 2.05) is 25.1 Å². The number of alkyl carbamates (subject to hydrolysis) is 1. The SMILES string of the molecule is CC(CC(=O)c1ccc2c(c1)N(Cc1ccc(Cl)cc1)C(=O)[C@@H](NC(=O)OC(C)(C)C)CS2)c1ccc(F)cc1. The molecule has 9 heteroatoms. The number of benzene rings is 3. The highest BCUT2D eigenvalue weighted by Gasteiger charge is 2.33. The average molecular weight is 583 g/mol. The van der Waals surface area contributed by atoms with Gasteiger partial charge in [-0.15, -0.1) is 11.8 Å². The molecule has 1 N–H and O–H groups in total. The summed E-state index contributed by atoms with van der Waals surface area (Å²) in [7, 11) is 0. The third-order valence-corrected chi connectivity index (χ3v) is 7.83. The molecule has 6 nitrogen and oxygen atoms in total. The van der Waals surface area contributed by atoms with Crippen LogP contribution in [-0.4, -0.2) is 35.2 Å². The van der Waals surface area contributed by atoms with Crippen LogP contribution >= 0.6 is 23.4 Å². The van der Waals surface area contributed by atoms with Crippen molar-refractivity contribution >= 4 is 46.8 Å². The van der Waals surface area contributed by atoms with Crippen molar-refractivity contribution in [2.24, 2.45) is 0 Å². The minimum Gasteiger partial charge on any atom is -0.444 e. The summed E-state index contributed by atoms with van der Waals surface area (Å²) in [6.45, 7) is 7.42. The number of carbonyl (C=O) groups excluding carboxylic acids is 3. The highest BCUT2D eigenvalue weighted by Crippen LogP contribution is 2.37. The first-order valence-electron chi connectivity index (χ1n) is 13.0. The van der Waals surface area contributed by atoms with Crippen molar-refractivity contribution in [1.29, 1.82) is 0 Å². The summed E-state index contributed by atoms with van der Waals surface area (Å²) in [5.41, 5.74) is 2.07. The zero-order valence-corrected chi connectivity index (χ0v) is 24.4. The van der Waals surface area contributed by atoms with Gasteiger partial charge in [0.15, 0.2) is 5.78 Å². The van der Waals surface area contributed by atoms with E-state index in [2.05, 4.69) is 5.32 Å². The first-order valence-corrected chi connectivity index (χ1v) is 14.4.